The van der Waals surface area contributed by atoms with E-state index in [1.165, 1.54) is 21.7 Å². The minimum atomic E-state index is -0.329. The highest BCUT2D eigenvalue weighted by Gasteiger charge is 2.18. The van der Waals surface area contributed by atoms with E-state index in [1.54, 1.807) is 7.05 Å². The lowest BCUT2D eigenvalue weighted by atomic mass is 9.96. The highest BCUT2D eigenvalue weighted by atomic mass is 16.2. The van der Waals surface area contributed by atoms with E-state index in [-0.39, 0.29) is 11.2 Å². The van der Waals surface area contributed by atoms with Gasteiger partial charge in [0, 0.05) is 19.8 Å². The van der Waals surface area contributed by atoms with Gasteiger partial charge in [0.1, 0.15) is 5.65 Å². The molecule has 0 aromatic carbocycles. The van der Waals surface area contributed by atoms with Crippen molar-refractivity contribution in [3.63, 3.8) is 0 Å². The number of rotatable bonds is 4. The Labute approximate surface area is 124 Å². The van der Waals surface area contributed by atoms with Gasteiger partial charge in [-0.3, -0.25) is 13.9 Å². The van der Waals surface area contributed by atoms with Gasteiger partial charge in [-0.15, -0.1) is 0 Å². The summed E-state index contributed by atoms with van der Waals surface area (Å²) in [7, 11) is 3.20. The molecule has 0 aliphatic rings. The summed E-state index contributed by atoms with van der Waals surface area (Å²) in [6.07, 6.45) is 3.72. The number of pyridine rings is 1. The van der Waals surface area contributed by atoms with Crippen LogP contribution in [0.15, 0.2) is 9.59 Å². The lowest BCUT2D eigenvalue weighted by molar-refractivity contribution is 0.702. The van der Waals surface area contributed by atoms with E-state index in [0.29, 0.717) is 11.0 Å². The van der Waals surface area contributed by atoms with Gasteiger partial charge in [0.15, 0.2) is 0 Å². The van der Waals surface area contributed by atoms with Crippen LogP contribution in [0.4, 0.5) is 0 Å². The van der Waals surface area contributed by atoms with Gasteiger partial charge >= 0.3 is 5.69 Å². The Morgan fingerprint density at radius 2 is 1.52 bits per heavy atom. The molecule has 0 amide bonds. The number of aryl methyl sites for hydroxylation is 3. The van der Waals surface area contributed by atoms with E-state index in [9.17, 15) is 9.59 Å². The Bertz CT molecular complexity index is 800. The van der Waals surface area contributed by atoms with Gasteiger partial charge < -0.3 is 0 Å². The third-order valence-electron chi connectivity index (χ3n) is 4.01. The monoisotopic (exact) mass is 289 g/mol. The third-order valence-corrected chi connectivity index (χ3v) is 4.01. The van der Waals surface area contributed by atoms with Gasteiger partial charge in [0.2, 0.25) is 0 Å². The van der Waals surface area contributed by atoms with Crippen molar-refractivity contribution in [2.24, 2.45) is 14.1 Å². The second kappa shape index (κ2) is 5.84. The molecular weight excluding hydrogens is 266 g/mol. The number of hydrogen-bond donors (Lipinski definition) is 0. The Morgan fingerprint density at radius 1 is 0.952 bits per heavy atom. The third kappa shape index (κ3) is 2.41. The largest absolute Gasteiger partial charge is 0.332 e. The normalized spacial score (nSPS) is 11.3. The molecule has 21 heavy (non-hydrogen) atoms. The first-order chi connectivity index (χ1) is 9.93. The van der Waals surface area contributed by atoms with E-state index in [1.807, 2.05) is 6.92 Å². The molecule has 0 unspecified atom stereocenters. The predicted octanol–water partition coefficient (Wildman–Crippen LogP) is 1.85. The van der Waals surface area contributed by atoms with Crippen molar-refractivity contribution in [2.45, 2.75) is 46.5 Å². The van der Waals surface area contributed by atoms with Gasteiger partial charge in [-0.1, -0.05) is 26.7 Å². The Hall–Kier alpha value is -1.91. The maximum Gasteiger partial charge on any atom is 0.332 e. The molecular formula is C16H23N3O2. The molecule has 0 bridgehead atoms. The standard InChI is InChI=1S/C16H23N3O2/c1-6-8-11-10(3)17-14-13(12(11)9-7-2)15(20)19(5)16(21)18(14)4/h6-9H2,1-5H3. The van der Waals surface area contributed by atoms with E-state index in [0.717, 1.165) is 36.9 Å². The smallest absolute Gasteiger partial charge is 0.280 e. The maximum atomic E-state index is 12.6. The van der Waals surface area contributed by atoms with Crippen LogP contribution in [0, 0.1) is 6.92 Å². The summed E-state index contributed by atoms with van der Waals surface area (Å²) in [5, 5.41) is 0.607. The topological polar surface area (TPSA) is 56.9 Å². The molecule has 0 aliphatic heterocycles. The summed E-state index contributed by atoms with van der Waals surface area (Å²) < 4.78 is 2.65. The minimum Gasteiger partial charge on any atom is -0.280 e. The molecule has 0 spiro atoms. The van der Waals surface area contributed by atoms with Crippen molar-refractivity contribution in [1.29, 1.82) is 0 Å². The number of fused-ring (bicyclic) bond motifs is 1. The second-order valence-electron chi connectivity index (χ2n) is 5.56. The maximum absolute atomic E-state index is 12.6. The lowest BCUT2D eigenvalue weighted by Crippen LogP contribution is -2.38. The molecule has 0 saturated heterocycles. The quantitative estimate of drug-likeness (QED) is 0.863. The Balaban J connectivity index is 3.05. The first-order valence-corrected chi connectivity index (χ1v) is 7.52. The fraction of sp³-hybridized carbons (Fsp3) is 0.562. The van der Waals surface area contributed by atoms with Crippen LogP contribution in [0.2, 0.25) is 0 Å². The zero-order chi connectivity index (χ0) is 15.7. The van der Waals surface area contributed by atoms with Gasteiger partial charge in [-0.05, 0) is 30.9 Å². The van der Waals surface area contributed by atoms with Crippen LogP contribution in [0.1, 0.15) is 43.5 Å². The second-order valence-corrected chi connectivity index (χ2v) is 5.56. The Kier molecular flexibility index (Phi) is 4.30. The summed E-state index contributed by atoms with van der Waals surface area (Å²) in [5.74, 6) is 0. The molecule has 0 radical (unpaired) electrons. The van der Waals surface area contributed by atoms with Crippen molar-refractivity contribution < 1.29 is 0 Å². The SMILES string of the molecule is CCCc1c(C)nc2c(c1CCC)c(=O)n(C)c(=O)n2C. The predicted molar refractivity (Wildman–Crippen MR) is 85.0 cm³/mol. The summed E-state index contributed by atoms with van der Waals surface area (Å²) in [6.45, 7) is 6.19. The van der Waals surface area contributed by atoms with E-state index in [2.05, 4.69) is 18.8 Å². The molecule has 0 N–H and O–H groups in total. The van der Waals surface area contributed by atoms with Gasteiger partial charge in [-0.25, -0.2) is 9.78 Å². The van der Waals surface area contributed by atoms with Crippen LogP contribution in [0.3, 0.4) is 0 Å². The molecule has 0 fully saturated rings. The molecule has 2 aromatic heterocycles. The number of aromatic nitrogens is 3. The zero-order valence-corrected chi connectivity index (χ0v) is 13.5. The van der Waals surface area contributed by atoms with E-state index < -0.39 is 0 Å². The highest BCUT2D eigenvalue weighted by molar-refractivity contribution is 5.80. The van der Waals surface area contributed by atoms with E-state index in [4.69, 9.17) is 0 Å². The van der Waals surface area contributed by atoms with Crippen LogP contribution in [0.25, 0.3) is 11.0 Å². The summed E-state index contributed by atoms with van der Waals surface area (Å²) in [4.78, 5) is 29.2. The fourth-order valence-corrected chi connectivity index (χ4v) is 2.93. The van der Waals surface area contributed by atoms with Gasteiger partial charge in [-0.2, -0.15) is 0 Å². The molecule has 2 aromatic rings. The number of nitrogens with zero attached hydrogens (tertiary/aromatic N) is 3. The first kappa shape index (κ1) is 15.5. The Morgan fingerprint density at radius 3 is 2.10 bits per heavy atom. The summed E-state index contributed by atoms with van der Waals surface area (Å²) in [6, 6.07) is 0. The average Bonchev–Trinajstić information content (AvgIpc) is 2.46. The lowest BCUT2D eigenvalue weighted by Gasteiger charge is -2.16. The first-order valence-electron chi connectivity index (χ1n) is 7.52. The van der Waals surface area contributed by atoms with Crippen LogP contribution in [0.5, 0.6) is 0 Å². The fourth-order valence-electron chi connectivity index (χ4n) is 2.93. The molecule has 2 heterocycles. The van der Waals surface area contributed by atoms with Crippen LogP contribution < -0.4 is 11.2 Å². The van der Waals surface area contributed by atoms with Crippen LogP contribution >= 0.6 is 0 Å². The molecule has 0 saturated carbocycles. The van der Waals surface area contributed by atoms with E-state index >= 15 is 0 Å². The zero-order valence-electron chi connectivity index (χ0n) is 13.5. The van der Waals surface area contributed by atoms with Gasteiger partial charge in [0.25, 0.3) is 5.56 Å². The summed E-state index contributed by atoms with van der Waals surface area (Å²) in [5.41, 5.74) is 3.10. The van der Waals surface area contributed by atoms with Crippen LogP contribution in [-0.2, 0) is 26.9 Å². The van der Waals surface area contributed by atoms with Gasteiger partial charge in [0.05, 0.1) is 5.39 Å². The molecule has 0 atom stereocenters. The highest BCUT2D eigenvalue weighted by Crippen LogP contribution is 2.23. The van der Waals surface area contributed by atoms with Crippen molar-refractivity contribution in [3.8, 4) is 0 Å². The minimum absolute atomic E-state index is 0.235. The van der Waals surface area contributed by atoms with Crippen molar-refractivity contribution in [3.05, 3.63) is 37.7 Å². The summed E-state index contributed by atoms with van der Waals surface area (Å²) >= 11 is 0. The molecule has 5 heteroatoms. The average molecular weight is 289 g/mol. The molecule has 5 nitrogen and oxygen atoms in total. The molecule has 0 aliphatic carbocycles. The molecule has 114 valence electrons. The number of hydrogen-bond acceptors (Lipinski definition) is 3. The van der Waals surface area contributed by atoms with Crippen molar-refractivity contribution in [1.82, 2.24) is 14.1 Å². The molecule has 2 rings (SSSR count). The van der Waals surface area contributed by atoms with Crippen LogP contribution in [-0.4, -0.2) is 14.1 Å². The van der Waals surface area contributed by atoms with Crippen molar-refractivity contribution in [2.75, 3.05) is 0 Å². The van der Waals surface area contributed by atoms with Crippen molar-refractivity contribution >= 4 is 11.0 Å².